The van der Waals surface area contributed by atoms with E-state index in [0.29, 0.717) is 0 Å². The standard InChI is InChI=1S/C8H3F7O/c9-4-1-3(7(10,11)12)2-5(16)6(4)8(13,14)15/h1-2,16H. The van der Waals surface area contributed by atoms with E-state index in [-0.39, 0.29) is 12.1 Å². The van der Waals surface area contributed by atoms with Crippen molar-refractivity contribution < 1.29 is 35.8 Å². The van der Waals surface area contributed by atoms with Gasteiger partial charge < -0.3 is 5.11 Å². The molecule has 0 aromatic heterocycles. The van der Waals surface area contributed by atoms with Crippen molar-refractivity contribution >= 4 is 0 Å². The van der Waals surface area contributed by atoms with Crippen LogP contribution in [0.1, 0.15) is 11.1 Å². The molecular weight excluding hydrogens is 245 g/mol. The average molecular weight is 248 g/mol. The minimum atomic E-state index is -5.25. The predicted octanol–water partition coefficient (Wildman–Crippen LogP) is 3.57. The number of phenols is 1. The van der Waals surface area contributed by atoms with Gasteiger partial charge in [-0.25, -0.2) is 4.39 Å². The minimum absolute atomic E-state index is 0.175. The van der Waals surface area contributed by atoms with E-state index in [1.165, 1.54) is 0 Å². The lowest BCUT2D eigenvalue weighted by molar-refractivity contribution is -0.144. The van der Waals surface area contributed by atoms with E-state index in [9.17, 15) is 30.7 Å². The van der Waals surface area contributed by atoms with Crippen molar-refractivity contribution in [3.05, 3.63) is 29.1 Å². The third kappa shape index (κ3) is 2.37. The Morgan fingerprint density at radius 1 is 0.875 bits per heavy atom. The van der Waals surface area contributed by atoms with Crippen molar-refractivity contribution in [3.8, 4) is 5.75 Å². The first-order valence-electron chi connectivity index (χ1n) is 3.70. The molecule has 8 heteroatoms. The summed E-state index contributed by atoms with van der Waals surface area (Å²) in [6.07, 6.45) is -10.3. The molecule has 0 saturated heterocycles. The van der Waals surface area contributed by atoms with Gasteiger partial charge in [0.2, 0.25) is 0 Å². The quantitative estimate of drug-likeness (QED) is 0.696. The first-order valence-corrected chi connectivity index (χ1v) is 3.70. The van der Waals surface area contributed by atoms with E-state index in [0.717, 1.165) is 0 Å². The molecule has 90 valence electrons. The number of rotatable bonds is 0. The van der Waals surface area contributed by atoms with Gasteiger partial charge in [-0.1, -0.05) is 0 Å². The maximum absolute atomic E-state index is 12.8. The zero-order valence-corrected chi connectivity index (χ0v) is 7.25. The molecule has 1 nitrogen and oxygen atoms in total. The number of hydrogen-bond donors (Lipinski definition) is 1. The van der Waals surface area contributed by atoms with Crippen LogP contribution in [0, 0.1) is 5.82 Å². The molecule has 0 radical (unpaired) electrons. The molecule has 0 unspecified atom stereocenters. The summed E-state index contributed by atoms with van der Waals surface area (Å²) in [6, 6.07) is -0.492. The monoisotopic (exact) mass is 248 g/mol. The molecule has 1 rings (SSSR count). The number of phenolic OH excluding ortho intramolecular Hbond substituents is 1. The van der Waals surface area contributed by atoms with Gasteiger partial charge in [0.25, 0.3) is 0 Å². The molecule has 0 spiro atoms. The predicted molar refractivity (Wildman–Crippen MR) is 38.1 cm³/mol. The second-order valence-corrected chi connectivity index (χ2v) is 2.85. The molecule has 0 heterocycles. The van der Waals surface area contributed by atoms with Crippen molar-refractivity contribution in [2.24, 2.45) is 0 Å². The summed E-state index contributed by atoms with van der Waals surface area (Å²) >= 11 is 0. The lowest BCUT2D eigenvalue weighted by Crippen LogP contribution is -2.12. The van der Waals surface area contributed by atoms with E-state index in [2.05, 4.69) is 0 Å². The number of aromatic hydroxyl groups is 1. The summed E-state index contributed by atoms with van der Waals surface area (Å²) in [6.45, 7) is 0. The zero-order chi connectivity index (χ0) is 12.7. The molecule has 0 aliphatic carbocycles. The molecule has 0 aliphatic heterocycles. The first kappa shape index (κ1) is 12.6. The number of benzene rings is 1. The van der Waals surface area contributed by atoms with E-state index >= 15 is 0 Å². The van der Waals surface area contributed by atoms with E-state index in [1.54, 1.807) is 0 Å². The zero-order valence-electron chi connectivity index (χ0n) is 7.25. The van der Waals surface area contributed by atoms with Crippen LogP contribution >= 0.6 is 0 Å². The van der Waals surface area contributed by atoms with Gasteiger partial charge in [-0.15, -0.1) is 0 Å². The van der Waals surface area contributed by atoms with Crippen molar-refractivity contribution in [2.45, 2.75) is 12.4 Å². The lowest BCUT2D eigenvalue weighted by Gasteiger charge is -2.13. The Hall–Kier alpha value is -1.47. The molecule has 1 aromatic carbocycles. The fourth-order valence-corrected chi connectivity index (χ4v) is 1.04. The minimum Gasteiger partial charge on any atom is -0.507 e. The summed E-state index contributed by atoms with van der Waals surface area (Å²) in [5.41, 5.74) is -3.80. The second kappa shape index (κ2) is 3.53. The molecule has 16 heavy (non-hydrogen) atoms. The fraction of sp³-hybridized carbons (Fsp3) is 0.250. The van der Waals surface area contributed by atoms with Crippen LogP contribution in [0.3, 0.4) is 0 Å². The average Bonchev–Trinajstić information content (AvgIpc) is 1.97. The van der Waals surface area contributed by atoms with Gasteiger partial charge in [0, 0.05) is 0 Å². The van der Waals surface area contributed by atoms with Crippen LogP contribution in [0.2, 0.25) is 0 Å². The number of alkyl halides is 6. The Kier molecular flexibility index (Phi) is 2.78. The van der Waals surface area contributed by atoms with E-state index < -0.39 is 35.0 Å². The van der Waals surface area contributed by atoms with Crippen LogP contribution in [0.15, 0.2) is 12.1 Å². The molecule has 0 aliphatic rings. The van der Waals surface area contributed by atoms with E-state index in [1.807, 2.05) is 0 Å². The SMILES string of the molecule is Oc1cc(C(F)(F)F)cc(F)c1C(F)(F)F. The molecule has 0 bridgehead atoms. The van der Waals surface area contributed by atoms with Crippen LogP contribution in [0.4, 0.5) is 30.7 Å². The number of halogens is 7. The highest BCUT2D eigenvalue weighted by atomic mass is 19.4. The van der Waals surface area contributed by atoms with Gasteiger partial charge >= 0.3 is 12.4 Å². The van der Waals surface area contributed by atoms with Gasteiger partial charge in [0.15, 0.2) is 0 Å². The van der Waals surface area contributed by atoms with Crippen LogP contribution in [-0.2, 0) is 12.4 Å². The maximum atomic E-state index is 12.8. The Morgan fingerprint density at radius 2 is 1.38 bits per heavy atom. The summed E-state index contributed by atoms with van der Waals surface area (Å²) in [5, 5.41) is 8.71. The topological polar surface area (TPSA) is 20.2 Å². The largest absolute Gasteiger partial charge is 0.507 e. The maximum Gasteiger partial charge on any atom is 0.422 e. The third-order valence-electron chi connectivity index (χ3n) is 1.68. The van der Waals surface area contributed by atoms with Crippen molar-refractivity contribution in [1.82, 2.24) is 0 Å². The normalized spacial score (nSPS) is 12.9. The fourth-order valence-electron chi connectivity index (χ4n) is 1.04. The Morgan fingerprint density at radius 3 is 1.69 bits per heavy atom. The van der Waals surface area contributed by atoms with Crippen molar-refractivity contribution in [1.29, 1.82) is 0 Å². The second-order valence-electron chi connectivity index (χ2n) is 2.85. The van der Waals surface area contributed by atoms with Gasteiger partial charge in [-0.05, 0) is 12.1 Å². The van der Waals surface area contributed by atoms with Gasteiger partial charge in [0.05, 0.1) is 5.56 Å². The van der Waals surface area contributed by atoms with Crippen LogP contribution in [-0.4, -0.2) is 5.11 Å². The summed E-state index contributed by atoms with van der Waals surface area (Å²) < 4.78 is 85.0. The molecular formula is C8H3F7O. The lowest BCUT2D eigenvalue weighted by atomic mass is 10.1. The molecule has 0 saturated carbocycles. The molecule has 0 atom stereocenters. The van der Waals surface area contributed by atoms with Crippen LogP contribution < -0.4 is 0 Å². The molecule has 0 fully saturated rings. The third-order valence-corrected chi connectivity index (χ3v) is 1.68. The summed E-state index contributed by atoms with van der Waals surface area (Å²) in [5.74, 6) is -3.96. The number of hydrogen-bond acceptors (Lipinski definition) is 1. The Bertz CT molecular complexity index is 381. The smallest absolute Gasteiger partial charge is 0.422 e. The van der Waals surface area contributed by atoms with Gasteiger partial charge in [0.1, 0.15) is 17.1 Å². The highest BCUT2D eigenvalue weighted by Gasteiger charge is 2.40. The van der Waals surface area contributed by atoms with E-state index in [4.69, 9.17) is 5.11 Å². The highest BCUT2D eigenvalue weighted by molar-refractivity contribution is 5.40. The highest BCUT2D eigenvalue weighted by Crippen LogP contribution is 2.41. The van der Waals surface area contributed by atoms with Crippen LogP contribution in [0.5, 0.6) is 5.75 Å². The summed E-state index contributed by atoms with van der Waals surface area (Å²) in [4.78, 5) is 0. The van der Waals surface area contributed by atoms with Crippen LogP contribution in [0.25, 0.3) is 0 Å². The molecule has 1 aromatic rings. The Balaban J connectivity index is 3.41. The van der Waals surface area contributed by atoms with Gasteiger partial charge in [-0.3, -0.25) is 0 Å². The van der Waals surface area contributed by atoms with Crippen molar-refractivity contribution in [3.63, 3.8) is 0 Å². The van der Waals surface area contributed by atoms with Gasteiger partial charge in [-0.2, -0.15) is 26.3 Å². The molecule has 0 amide bonds. The molecule has 1 N–H and O–H groups in total. The summed E-state index contributed by atoms with van der Waals surface area (Å²) in [7, 11) is 0. The first-order chi connectivity index (χ1) is 7.03. The Labute approximate surface area is 84.1 Å². The van der Waals surface area contributed by atoms with Crippen molar-refractivity contribution in [2.75, 3.05) is 0 Å².